The highest BCUT2D eigenvalue weighted by Crippen LogP contribution is 2.30. The van der Waals surface area contributed by atoms with E-state index < -0.39 is 10.7 Å². The van der Waals surface area contributed by atoms with Crippen LogP contribution in [0.5, 0.6) is 0 Å². The quantitative estimate of drug-likeness (QED) is 0.715. The Hall–Kier alpha value is -1.37. The number of imidazole rings is 1. The van der Waals surface area contributed by atoms with Gasteiger partial charge < -0.3 is 4.98 Å². The van der Waals surface area contributed by atoms with Crippen LogP contribution in [0.15, 0.2) is 35.2 Å². The monoisotopic (exact) mass is 298 g/mol. The number of aromatic nitrogens is 2. The Morgan fingerprint density at radius 3 is 2.72 bits per heavy atom. The lowest BCUT2D eigenvalue weighted by molar-refractivity contribution is 0.614. The van der Waals surface area contributed by atoms with Gasteiger partial charge in [0.25, 0.3) is 0 Å². The first-order valence-corrected chi connectivity index (χ1v) is 7.40. The summed E-state index contributed by atoms with van der Waals surface area (Å²) < 4.78 is 22.5. The summed E-state index contributed by atoms with van der Waals surface area (Å²) in [5, 5.41) is 0. The molecule has 7 heteroatoms. The first-order valence-electron chi connectivity index (χ1n) is 5.03. The van der Waals surface area contributed by atoms with Crippen molar-refractivity contribution in [2.45, 2.75) is 4.90 Å². The number of hydrogen-bond acceptors (Lipinski definition) is 4. The third-order valence-electron chi connectivity index (χ3n) is 2.48. The van der Waals surface area contributed by atoms with Gasteiger partial charge in [-0.2, -0.15) is 0 Å². The number of benzene rings is 1. The van der Waals surface area contributed by atoms with Crippen LogP contribution in [0.4, 0.5) is 0 Å². The summed E-state index contributed by atoms with van der Waals surface area (Å²) >= 11 is 7.29. The summed E-state index contributed by atoms with van der Waals surface area (Å²) in [4.78, 5) is 8.69. The maximum atomic E-state index is 10.9. The number of nitrogens with one attached hydrogen (secondary N) is 1. The highest BCUT2D eigenvalue weighted by atomic mass is 35.5. The zero-order chi connectivity index (χ0) is 12.7. The Morgan fingerprint density at radius 2 is 2.06 bits per heavy atom. The minimum atomic E-state index is -2.58. The summed E-state index contributed by atoms with van der Waals surface area (Å²) in [7, 11) is -2.58. The van der Waals surface area contributed by atoms with Crippen LogP contribution >= 0.6 is 22.9 Å². The highest BCUT2D eigenvalue weighted by molar-refractivity contribution is 7.72. The molecule has 0 amide bonds. The Morgan fingerprint density at radius 1 is 1.22 bits per heavy atom. The molecule has 4 nitrogen and oxygen atoms in total. The molecule has 92 valence electrons. The normalized spacial score (nSPS) is 11.4. The van der Waals surface area contributed by atoms with Gasteiger partial charge in [0.05, 0.1) is 25.1 Å². The molecule has 1 aromatic carbocycles. The number of thiophene rings is 1. The lowest BCUT2D eigenvalue weighted by atomic mass is 10.3. The molecule has 0 radical (unpaired) electrons. The standard InChI is InChI=1S/C11H7ClN2O2S2/c12-10-4-3-9(17-10)11-13-7-2-1-6(18(15)16)5-8(7)14-11/h1-5,18H,(H,13,14). The van der Waals surface area contributed by atoms with E-state index in [1.807, 2.05) is 6.07 Å². The van der Waals surface area contributed by atoms with Crippen LogP contribution in [-0.4, -0.2) is 18.4 Å². The number of aromatic amines is 1. The average Bonchev–Trinajstić information content (AvgIpc) is 2.93. The Labute approximate surface area is 113 Å². The topological polar surface area (TPSA) is 62.8 Å². The molecule has 3 rings (SSSR count). The van der Waals surface area contributed by atoms with E-state index in [-0.39, 0.29) is 4.90 Å². The Balaban J connectivity index is 2.16. The summed E-state index contributed by atoms with van der Waals surface area (Å²) in [6.07, 6.45) is 0. The second kappa shape index (κ2) is 4.38. The van der Waals surface area contributed by atoms with Crippen molar-refractivity contribution in [1.29, 1.82) is 0 Å². The molecule has 0 saturated heterocycles. The van der Waals surface area contributed by atoms with Crippen molar-refractivity contribution < 1.29 is 8.42 Å². The van der Waals surface area contributed by atoms with Crippen molar-refractivity contribution in [3.05, 3.63) is 34.7 Å². The molecule has 0 bridgehead atoms. The zero-order valence-corrected chi connectivity index (χ0v) is 11.4. The van der Waals surface area contributed by atoms with Crippen LogP contribution in [0.3, 0.4) is 0 Å². The van der Waals surface area contributed by atoms with Crippen LogP contribution in [0.25, 0.3) is 21.7 Å². The van der Waals surface area contributed by atoms with Crippen molar-refractivity contribution in [3.8, 4) is 10.7 Å². The smallest absolute Gasteiger partial charge is 0.168 e. The molecular formula is C11H7ClN2O2S2. The minimum absolute atomic E-state index is 0.264. The van der Waals surface area contributed by atoms with Crippen molar-refractivity contribution in [2.24, 2.45) is 0 Å². The number of halogens is 1. The fourth-order valence-corrected chi connectivity index (χ4v) is 3.08. The van der Waals surface area contributed by atoms with Crippen molar-refractivity contribution >= 4 is 44.7 Å². The van der Waals surface area contributed by atoms with E-state index >= 15 is 0 Å². The lowest BCUT2D eigenvalue weighted by Gasteiger charge is -1.89. The van der Waals surface area contributed by atoms with Crippen LogP contribution < -0.4 is 0 Å². The van der Waals surface area contributed by atoms with E-state index in [0.29, 0.717) is 15.7 Å². The number of nitrogens with zero attached hydrogens (tertiary/aromatic N) is 1. The first kappa shape index (κ1) is 11.7. The SMILES string of the molecule is O=[SH](=O)c1ccc2[nH]c(-c3ccc(Cl)s3)nc2c1. The van der Waals surface area contributed by atoms with Gasteiger partial charge in [0.15, 0.2) is 10.7 Å². The van der Waals surface area contributed by atoms with Crippen LogP contribution in [0, 0.1) is 0 Å². The summed E-state index contributed by atoms with van der Waals surface area (Å²) in [6, 6.07) is 8.49. The van der Waals surface area contributed by atoms with E-state index in [1.54, 1.807) is 24.3 Å². The second-order valence-corrected chi connectivity index (χ2v) is 6.39. The van der Waals surface area contributed by atoms with E-state index in [1.165, 1.54) is 11.3 Å². The van der Waals surface area contributed by atoms with Crippen LogP contribution in [0.1, 0.15) is 0 Å². The summed E-state index contributed by atoms with van der Waals surface area (Å²) in [6.45, 7) is 0. The third-order valence-corrected chi connectivity index (χ3v) is 4.42. The van der Waals surface area contributed by atoms with Crippen molar-refractivity contribution in [3.63, 3.8) is 0 Å². The molecule has 0 saturated carbocycles. The van der Waals surface area contributed by atoms with Gasteiger partial charge in [-0.1, -0.05) is 11.6 Å². The van der Waals surface area contributed by atoms with Gasteiger partial charge >= 0.3 is 0 Å². The van der Waals surface area contributed by atoms with Gasteiger partial charge in [-0.3, -0.25) is 0 Å². The van der Waals surface area contributed by atoms with Gasteiger partial charge in [-0.15, -0.1) is 11.3 Å². The molecule has 0 atom stereocenters. The summed E-state index contributed by atoms with van der Waals surface area (Å²) in [5.74, 6) is 0.695. The number of rotatable bonds is 2. The number of fused-ring (bicyclic) bond motifs is 1. The lowest BCUT2D eigenvalue weighted by Crippen LogP contribution is -1.79. The van der Waals surface area contributed by atoms with Crippen LogP contribution in [0.2, 0.25) is 4.34 Å². The fourth-order valence-electron chi connectivity index (χ4n) is 1.67. The average molecular weight is 299 g/mol. The first-order chi connectivity index (χ1) is 8.63. The van der Waals surface area contributed by atoms with Crippen molar-refractivity contribution in [2.75, 3.05) is 0 Å². The number of thiol groups is 1. The highest BCUT2D eigenvalue weighted by Gasteiger charge is 2.08. The number of hydrogen-bond donors (Lipinski definition) is 2. The fraction of sp³-hybridized carbons (Fsp3) is 0. The molecule has 0 unspecified atom stereocenters. The molecule has 0 fully saturated rings. The van der Waals surface area contributed by atoms with E-state index in [0.717, 1.165) is 10.4 Å². The predicted molar refractivity (Wildman–Crippen MR) is 73.0 cm³/mol. The molecule has 1 N–H and O–H groups in total. The van der Waals surface area contributed by atoms with E-state index in [9.17, 15) is 8.42 Å². The molecular weight excluding hydrogens is 292 g/mol. The van der Waals surface area contributed by atoms with Gasteiger partial charge in [-0.25, -0.2) is 13.4 Å². The molecule has 18 heavy (non-hydrogen) atoms. The van der Waals surface area contributed by atoms with E-state index in [4.69, 9.17) is 11.6 Å². The molecule has 0 aliphatic heterocycles. The maximum absolute atomic E-state index is 10.9. The predicted octanol–water partition coefficient (Wildman–Crippen LogP) is 2.92. The molecule has 0 spiro atoms. The van der Waals surface area contributed by atoms with Gasteiger partial charge in [0.1, 0.15) is 5.82 Å². The molecule has 3 aromatic rings. The zero-order valence-electron chi connectivity index (χ0n) is 8.88. The van der Waals surface area contributed by atoms with Gasteiger partial charge in [-0.05, 0) is 30.3 Å². The van der Waals surface area contributed by atoms with Crippen LogP contribution in [-0.2, 0) is 10.7 Å². The molecule has 2 aromatic heterocycles. The maximum Gasteiger partial charge on any atom is 0.168 e. The largest absolute Gasteiger partial charge is 0.337 e. The van der Waals surface area contributed by atoms with Gasteiger partial charge in [0, 0.05) is 0 Å². The number of H-pyrrole nitrogens is 1. The molecule has 2 heterocycles. The Kier molecular flexibility index (Phi) is 2.85. The van der Waals surface area contributed by atoms with E-state index in [2.05, 4.69) is 9.97 Å². The van der Waals surface area contributed by atoms with Crippen molar-refractivity contribution in [1.82, 2.24) is 9.97 Å². The molecule has 0 aliphatic rings. The second-order valence-electron chi connectivity index (χ2n) is 3.65. The van der Waals surface area contributed by atoms with Gasteiger partial charge in [0.2, 0.25) is 0 Å². The third kappa shape index (κ3) is 2.03. The minimum Gasteiger partial charge on any atom is -0.337 e. The molecule has 0 aliphatic carbocycles. The Bertz CT molecular complexity index is 796. The summed E-state index contributed by atoms with van der Waals surface area (Å²) in [5.41, 5.74) is 1.43.